The van der Waals surface area contributed by atoms with E-state index in [1.807, 2.05) is 55.8 Å². The summed E-state index contributed by atoms with van der Waals surface area (Å²) in [6, 6.07) is 8.11. The summed E-state index contributed by atoms with van der Waals surface area (Å²) in [6.07, 6.45) is -0.129. The number of benzene rings is 2. The van der Waals surface area contributed by atoms with Crippen molar-refractivity contribution in [3.63, 3.8) is 0 Å². The smallest absolute Gasteiger partial charge is 0.247 e. The summed E-state index contributed by atoms with van der Waals surface area (Å²) in [4.78, 5) is 160. The van der Waals surface area contributed by atoms with E-state index in [4.69, 9.17) is 22.3 Å². The Kier molecular flexibility index (Phi) is 22.0. The van der Waals surface area contributed by atoms with Crippen LogP contribution < -0.4 is 53.6 Å². The molecule has 11 amide bonds. The van der Waals surface area contributed by atoms with Gasteiger partial charge < -0.3 is 58.5 Å². The number of nitrogens with one attached hydrogen (secondary N) is 9. The molecule has 30 heteroatoms. The number of nitrogens with zero attached hydrogens (tertiary/aromatic N) is 5. The molecule has 0 saturated carbocycles. The first-order valence-corrected chi connectivity index (χ1v) is 32.1. The summed E-state index contributed by atoms with van der Waals surface area (Å²) in [6.45, 7) is 11.8. The molecular weight excluding hydrogens is 1240 g/mol. The first-order chi connectivity index (χ1) is 42.7. The van der Waals surface area contributed by atoms with Crippen LogP contribution in [0.25, 0.3) is 15.4 Å². The van der Waals surface area contributed by atoms with Gasteiger partial charge in [0.25, 0.3) is 0 Å². The van der Waals surface area contributed by atoms with Crippen LogP contribution in [0.15, 0.2) is 65.0 Å². The maximum atomic E-state index is 14.7. The van der Waals surface area contributed by atoms with Gasteiger partial charge in [-0.15, -0.1) is 44.6 Å². The lowest BCUT2D eigenvalue weighted by Gasteiger charge is -2.35. The first kappa shape index (κ1) is 67.4. The minimum Gasteiger partial charge on any atom is -0.368 e. The Morgan fingerprint density at radius 2 is 1.44 bits per heavy atom. The number of carbonyl (C=O) groups excluding carboxylic acids is 11. The van der Waals surface area contributed by atoms with Crippen molar-refractivity contribution in [2.45, 2.75) is 104 Å². The zero-order valence-corrected chi connectivity index (χ0v) is 54.0. The second-order valence-corrected chi connectivity index (χ2v) is 26.9. The third-order valence-corrected chi connectivity index (χ3v) is 18.8. The number of fused-ring (bicyclic) bond motifs is 4. The summed E-state index contributed by atoms with van der Waals surface area (Å²) in [7, 11) is 0. The lowest BCUT2D eigenvalue weighted by molar-refractivity contribution is -0.144. The van der Waals surface area contributed by atoms with Crippen molar-refractivity contribution in [3.8, 4) is 15.4 Å². The Hall–Kier alpha value is -8.54. The molecule has 0 spiro atoms. The Balaban J connectivity index is 1.10. The van der Waals surface area contributed by atoms with Crippen LogP contribution in [-0.2, 0) is 52.7 Å². The van der Waals surface area contributed by atoms with Gasteiger partial charge in [-0.1, -0.05) is 75.7 Å². The minimum absolute atomic E-state index is 0.149. The number of aliphatic imine (C=N–C) groups is 1. The molecule has 478 valence electrons. The molecule has 2 saturated heterocycles. The number of nitrogens with two attached hydrogens (primary N) is 1. The van der Waals surface area contributed by atoms with Gasteiger partial charge in [0.1, 0.15) is 47.1 Å². The van der Waals surface area contributed by atoms with Gasteiger partial charge in [-0.2, -0.15) is 0 Å². The van der Waals surface area contributed by atoms with Crippen LogP contribution in [0, 0.1) is 39.0 Å². The fourth-order valence-corrected chi connectivity index (χ4v) is 13.5. The van der Waals surface area contributed by atoms with Gasteiger partial charge >= 0.3 is 0 Å². The highest BCUT2D eigenvalue weighted by Crippen LogP contribution is 2.40. The maximum Gasteiger partial charge on any atom is 0.247 e. The highest BCUT2D eigenvalue weighted by molar-refractivity contribution is 8.00. The fraction of sp³-hybridized carbons (Fsp3) is 0.433. The zero-order chi connectivity index (χ0) is 65.3. The molecule has 3 aliphatic heterocycles. The molecule has 26 nitrogen and oxygen atoms in total. The van der Waals surface area contributed by atoms with Crippen molar-refractivity contribution >= 4 is 117 Å². The Labute approximate surface area is 536 Å². The third-order valence-electron chi connectivity index (χ3n) is 15.2. The number of rotatable bonds is 14. The number of aromatic nitrogens is 3. The van der Waals surface area contributed by atoms with E-state index in [0.717, 1.165) is 48.8 Å². The van der Waals surface area contributed by atoms with Crippen LogP contribution in [0.3, 0.4) is 0 Å². The molecule has 7 atom stereocenters. The monoisotopic (exact) mass is 1310 g/mol. The van der Waals surface area contributed by atoms with Gasteiger partial charge in [0, 0.05) is 44.7 Å². The number of aryl methyl sites for hydroxylation is 3. The standard InChI is InChI=1S/C60H72ClN15O11S3/c1-29-19-41-56(85)72-50(35-9-11-36(12-10-35)51-30(2)17-18-89-51)57(86)67-25-46(81)68-39(21-63-43(78)20-38-53-74-73-33(5)76(53)59-48(31(3)32(4)90-59)49(69-38)34-13-15-37(61)16-14-34)55(84)70-40(54(83)66-24-45(80)65-23-44(79)64-22-42(62)77)27-88-28-47(82)71-52(60(6,7)8)58(87)75(41)26-29/h9-18,29,38-41,50,52H,19-28H2,1-8H3,(H2,62,77)(H,63,78)(H,64,79)(H,65,80)(H,66,83)(H,67,86)(H,68,81)(H,70,84)(H,71,82)(H,72,85)/t29-,38+,39-,40-,41+,50-,52-/m1/s1. The van der Waals surface area contributed by atoms with E-state index in [1.54, 1.807) is 64.1 Å². The second kappa shape index (κ2) is 29.4. The molecule has 11 N–H and O–H groups in total. The molecule has 5 aromatic rings. The molecular formula is C60H72ClN15O11S3. The predicted octanol–water partition coefficient (Wildman–Crippen LogP) is 1.63. The average molecular weight is 1310 g/mol. The Morgan fingerprint density at radius 3 is 2.11 bits per heavy atom. The van der Waals surface area contributed by atoms with Crippen LogP contribution in [0.5, 0.6) is 0 Å². The molecule has 6 heterocycles. The van der Waals surface area contributed by atoms with Crippen LogP contribution in [0.1, 0.15) is 97.0 Å². The maximum absolute atomic E-state index is 14.7. The topological polar surface area (TPSA) is 368 Å². The van der Waals surface area contributed by atoms with Gasteiger partial charge in [0.15, 0.2) is 5.82 Å². The number of thioether (sulfide) groups is 1. The zero-order valence-electron chi connectivity index (χ0n) is 50.8. The second-order valence-electron chi connectivity index (χ2n) is 23.3. The van der Waals surface area contributed by atoms with Gasteiger partial charge in [-0.3, -0.25) is 62.3 Å². The first-order valence-electron chi connectivity index (χ1n) is 28.9. The third kappa shape index (κ3) is 16.6. The molecule has 0 aliphatic carbocycles. The lowest BCUT2D eigenvalue weighted by atomic mass is 9.85. The van der Waals surface area contributed by atoms with Crippen molar-refractivity contribution in [1.82, 2.24) is 67.5 Å². The number of hydrogen-bond donors (Lipinski definition) is 10. The SMILES string of the molecule is Cc1ccsc1-c1ccc([C@H]2NC(=O)[C@@H]3C[C@@H](C)CN3C(=O)[C@H](C(C)(C)C)NC(=O)CSC[C@H](C(=O)NCC(=O)NCC(=O)NCC(N)=O)NC(=O)[C@@H](CNC(=O)C[C@@H]3N=C(c4ccc(Cl)cc4)c4c(sc(C)c4C)-n4c(C)nnc43)NC(=O)CNC2=O)cc1. The number of thiophene rings is 2. The number of primary amides is 1. The lowest BCUT2D eigenvalue weighted by Crippen LogP contribution is -2.59. The van der Waals surface area contributed by atoms with Crippen LogP contribution in [0.2, 0.25) is 5.02 Å². The van der Waals surface area contributed by atoms with E-state index >= 15 is 0 Å². The van der Waals surface area contributed by atoms with E-state index in [-0.39, 0.29) is 36.8 Å². The summed E-state index contributed by atoms with van der Waals surface area (Å²) in [5.41, 5.74) is 9.43. The number of halogens is 1. The summed E-state index contributed by atoms with van der Waals surface area (Å²) in [5.74, 6) is -8.73. The molecule has 0 radical (unpaired) electrons. The molecule has 2 fully saturated rings. The highest BCUT2D eigenvalue weighted by atomic mass is 35.5. The van der Waals surface area contributed by atoms with Gasteiger partial charge in [-0.25, -0.2) is 0 Å². The van der Waals surface area contributed by atoms with Gasteiger partial charge in [0.2, 0.25) is 65.0 Å². The molecule has 90 heavy (non-hydrogen) atoms. The number of hydrogen-bond acceptors (Lipinski definition) is 17. The van der Waals surface area contributed by atoms with Crippen molar-refractivity contribution in [1.29, 1.82) is 0 Å². The molecule has 0 unspecified atom stereocenters. The quantitative estimate of drug-likeness (QED) is 0.0756. The van der Waals surface area contributed by atoms with Crippen LogP contribution in [-0.4, -0.2) is 165 Å². The molecule has 3 aliphatic rings. The number of carbonyl (C=O) groups is 11. The average Bonchev–Trinajstić information content (AvgIpc) is 1.60. The highest BCUT2D eigenvalue weighted by Gasteiger charge is 2.45. The molecule has 2 aromatic carbocycles. The van der Waals surface area contributed by atoms with Gasteiger partial charge in [0.05, 0.1) is 44.1 Å². The van der Waals surface area contributed by atoms with E-state index in [2.05, 4.69) is 58.0 Å². The molecule has 0 bridgehead atoms. The van der Waals surface area contributed by atoms with E-state index in [9.17, 15) is 52.7 Å². The van der Waals surface area contributed by atoms with E-state index in [0.29, 0.717) is 33.5 Å². The van der Waals surface area contributed by atoms with Crippen LogP contribution in [0.4, 0.5) is 0 Å². The Morgan fingerprint density at radius 1 is 0.767 bits per heavy atom. The normalized spacial score (nSPS) is 21.2. The van der Waals surface area contributed by atoms with Crippen molar-refractivity contribution in [2.75, 3.05) is 50.8 Å². The molecule has 3 aromatic heterocycles. The van der Waals surface area contributed by atoms with E-state index < -0.39 is 139 Å². The summed E-state index contributed by atoms with van der Waals surface area (Å²) >= 11 is 10.2. The van der Waals surface area contributed by atoms with Crippen molar-refractivity contribution < 1.29 is 52.7 Å². The largest absolute Gasteiger partial charge is 0.368 e. The van der Waals surface area contributed by atoms with Crippen molar-refractivity contribution in [2.24, 2.45) is 22.1 Å². The number of amides is 11. The van der Waals surface area contributed by atoms with Crippen molar-refractivity contribution in [3.05, 3.63) is 109 Å². The van der Waals surface area contributed by atoms with E-state index in [1.165, 1.54) is 27.6 Å². The van der Waals surface area contributed by atoms with Gasteiger partial charge in [-0.05, 0) is 91.3 Å². The minimum atomic E-state index is -1.69. The fourth-order valence-electron chi connectivity index (χ4n) is 10.4. The summed E-state index contributed by atoms with van der Waals surface area (Å²) in [5, 5.41) is 35.1. The van der Waals surface area contributed by atoms with Crippen LogP contribution >= 0.6 is 46.0 Å². The Bertz CT molecular complexity index is 3640. The molecule has 8 rings (SSSR count). The summed E-state index contributed by atoms with van der Waals surface area (Å²) < 4.78 is 1.85. The predicted molar refractivity (Wildman–Crippen MR) is 339 cm³/mol.